The Kier molecular flexibility index (Phi) is 5.61. The molecule has 1 saturated heterocycles. The van der Waals surface area contributed by atoms with Gasteiger partial charge >= 0.3 is 0 Å². The van der Waals surface area contributed by atoms with Crippen LogP contribution in [0.3, 0.4) is 0 Å². The number of para-hydroxylation sites is 1. The number of carbonyl (C=O) groups excluding carboxylic acids is 2. The van der Waals surface area contributed by atoms with Crippen LogP contribution in [-0.4, -0.2) is 31.4 Å². The molecule has 2 amide bonds. The standard InChI is InChI=1S/C23H23N3O3/c27-22(24-15-17-12-13-26(16-17)20-5-2-1-3-6-20)18-8-10-19(11-9-18)25-23(28)21-7-4-14-29-21/h1-11,14,17H,12-13,15-16H2,(H,24,27)(H,25,28). The Morgan fingerprint density at radius 1 is 0.966 bits per heavy atom. The number of furan rings is 1. The molecule has 0 spiro atoms. The molecule has 3 aromatic rings. The van der Waals surface area contributed by atoms with Gasteiger partial charge in [0.05, 0.1) is 6.26 Å². The Labute approximate surface area is 169 Å². The van der Waals surface area contributed by atoms with Gasteiger partial charge in [-0.3, -0.25) is 9.59 Å². The first-order valence-corrected chi connectivity index (χ1v) is 9.72. The highest BCUT2D eigenvalue weighted by molar-refractivity contribution is 6.02. The molecule has 1 aliphatic heterocycles. The van der Waals surface area contributed by atoms with Gasteiger partial charge in [-0.25, -0.2) is 0 Å². The van der Waals surface area contributed by atoms with E-state index in [1.165, 1.54) is 12.0 Å². The van der Waals surface area contributed by atoms with E-state index in [1.54, 1.807) is 36.4 Å². The van der Waals surface area contributed by atoms with Crippen LogP contribution >= 0.6 is 0 Å². The Hall–Kier alpha value is -3.54. The highest BCUT2D eigenvalue weighted by atomic mass is 16.3. The third-order valence-electron chi connectivity index (χ3n) is 5.11. The molecule has 2 aromatic carbocycles. The number of benzene rings is 2. The van der Waals surface area contributed by atoms with Crippen molar-refractivity contribution in [3.63, 3.8) is 0 Å². The zero-order valence-corrected chi connectivity index (χ0v) is 16.0. The first kappa shape index (κ1) is 18.8. The predicted octanol–water partition coefficient (Wildman–Crippen LogP) is 3.79. The molecule has 0 radical (unpaired) electrons. The van der Waals surface area contributed by atoms with Crippen molar-refractivity contribution in [3.05, 3.63) is 84.3 Å². The fourth-order valence-electron chi connectivity index (χ4n) is 3.52. The van der Waals surface area contributed by atoms with E-state index in [0.29, 0.717) is 23.7 Å². The second-order valence-electron chi connectivity index (χ2n) is 7.16. The fourth-order valence-corrected chi connectivity index (χ4v) is 3.52. The van der Waals surface area contributed by atoms with E-state index in [2.05, 4.69) is 27.7 Å². The third kappa shape index (κ3) is 4.66. The van der Waals surface area contributed by atoms with Crippen LogP contribution in [0.5, 0.6) is 0 Å². The molecule has 1 fully saturated rings. The van der Waals surface area contributed by atoms with Crippen molar-refractivity contribution >= 4 is 23.2 Å². The molecule has 2 heterocycles. The van der Waals surface area contributed by atoms with Crippen LogP contribution < -0.4 is 15.5 Å². The van der Waals surface area contributed by atoms with Gasteiger partial charge in [0.25, 0.3) is 11.8 Å². The number of carbonyl (C=O) groups is 2. The number of anilines is 2. The van der Waals surface area contributed by atoms with Gasteiger partial charge in [-0.2, -0.15) is 0 Å². The largest absolute Gasteiger partial charge is 0.459 e. The van der Waals surface area contributed by atoms with Crippen molar-refractivity contribution in [1.82, 2.24) is 5.32 Å². The number of nitrogens with one attached hydrogen (secondary N) is 2. The van der Waals surface area contributed by atoms with Crippen LogP contribution in [-0.2, 0) is 0 Å². The molecule has 2 N–H and O–H groups in total. The van der Waals surface area contributed by atoms with Crippen molar-refractivity contribution in [2.45, 2.75) is 6.42 Å². The molecular formula is C23H23N3O3. The summed E-state index contributed by atoms with van der Waals surface area (Å²) in [6, 6.07) is 20.4. The molecule has 29 heavy (non-hydrogen) atoms. The Morgan fingerprint density at radius 3 is 2.48 bits per heavy atom. The van der Waals surface area contributed by atoms with Gasteiger partial charge in [-0.15, -0.1) is 0 Å². The van der Waals surface area contributed by atoms with E-state index in [1.807, 2.05) is 18.2 Å². The van der Waals surface area contributed by atoms with Crippen molar-refractivity contribution in [1.29, 1.82) is 0 Å². The summed E-state index contributed by atoms with van der Waals surface area (Å²) in [5, 5.41) is 5.77. The lowest BCUT2D eigenvalue weighted by molar-refractivity contribution is 0.0947. The van der Waals surface area contributed by atoms with Crippen LogP contribution in [0.15, 0.2) is 77.4 Å². The molecule has 1 aromatic heterocycles. The maximum atomic E-state index is 12.4. The van der Waals surface area contributed by atoms with Crippen LogP contribution in [0.2, 0.25) is 0 Å². The highest BCUT2D eigenvalue weighted by Crippen LogP contribution is 2.23. The summed E-state index contributed by atoms with van der Waals surface area (Å²) in [6.07, 6.45) is 2.51. The summed E-state index contributed by atoms with van der Waals surface area (Å²) in [7, 11) is 0. The van der Waals surface area contributed by atoms with Gasteiger partial charge in [-0.05, 0) is 60.9 Å². The monoisotopic (exact) mass is 389 g/mol. The minimum absolute atomic E-state index is 0.105. The number of hydrogen-bond acceptors (Lipinski definition) is 4. The zero-order valence-electron chi connectivity index (χ0n) is 16.0. The third-order valence-corrected chi connectivity index (χ3v) is 5.11. The summed E-state index contributed by atoms with van der Waals surface area (Å²) in [5.41, 5.74) is 2.41. The fraction of sp³-hybridized carbons (Fsp3) is 0.217. The van der Waals surface area contributed by atoms with Crippen LogP contribution in [0.4, 0.5) is 11.4 Å². The SMILES string of the molecule is O=C(NCC1CCN(c2ccccc2)C1)c1ccc(NC(=O)c2ccco2)cc1. The molecular weight excluding hydrogens is 366 g/mol. The van der Waals surface area contributed by atoms with Crippen molar-refractivity contribution < 1.29 is 14.0 Å². The molecule has 1 unspecified atom stereocenters. The number of rotatable bonds is 6. The van der Waals surface area contributed by atoms with E-state index in [4.69, 9.17) is 4.42 Å². The van der Waals surface area contributed by atoms with E-state index < -0.39 is 0 Å². The topological polar surface area (TPSA) is 74.6 Å². The zero-order chi connectivity index (χ0) is 20.1. The minimum Gasteiger partial charge on any atom is -0.459 e. The van der Waals surface area contributed by atoms with E-state index in [0.717, 1.165) is 19.5 Å². The highest BCUT2D eigenvalue weighted by Gasteiger charge is 2.23. The first-order chi connectivity index (χ1) is 14.2. The summed E-state index contributed by atoms with van der Waals surface area (Å²) in [4.78, 5) is 26.8. The molecule has 1 aliphatic rings. The van der Waals surface area contributed by atoms with Gasteiger partial charge in [0.15, 0.2) is 5.76 Å². The summed E-state index contributed by atoms with van der Waals surface area (Å²) in [6.45, 7) is 2.61. The van der Waals surface area contributed by atoms with E-state index in [9.17, 15) is 9.59 Å². The molecule has 148 valence electrons. The molecule has 0 saturated carbocycles. The molecule has 6 nitrogen and oxygen atoms in total. The van der Waals surface area contributed by atoms with Crippen LogP contribution in [0.25, 0.3) is 0 Å². The van der Waals surface area contributed by atoms with Crippen molar-refractivity contribution in [3.8, 4) is 0 Å². The minimum atomic E-state index is -0.323. The predicted molar refractivity (Wildman–Crippen MR) is 112 cm³/mol. The second-order valence-corrected chi connectivity index (χ2v) is 7.16. The molecule has 0 bridgehead atoms. The number of nitrogens with zero attached hydrogens (tertiary/aromatic N) is 1. The van der Waals surface area contributed by atoms with Gasteiger partial charge in [0.1, 0.15) is 0 Å². The Balaban J connectivity index is 1.26. The molecule has 4 rings (SSSR count). The smallest absolute Gasteiger partial charge is 0.291 e. The maximum Gasteiger partial charge on any atom is 0.291 e. The molecule has 0 aliphatic carbocycles. The van der Waals surface area contributed by atoms with Gasteiger partial charge < -0.3 is 20.0 Å². The van der Waals surface area contributed by atoms with Gasteiger partial charge in [0.2, 0.25) is 0 Å². The summed E-state index contributed by atoms with van der Waals surface area (Å²) in [5.74, 6) is 0.252. The van der Waals surface area contributed by atoms with E-state index in [-0.39, 0.29) is 17.6 Å². The summed E-state index contributed by atoms with van der Waals surface area (Å²) >= 11 is 0. The van der Waals surface area contributed by atoms with Crippen molar-refractivity contribution in [2.75, 3.05) is 29.9 Å². The van der Waals surface area contributed by atoms with Gasteiger partial charge in [0, 0.05) is 36.6 Å². The number of hydrogen-bond donors (Lipinski definition) is 2. The lowest BCUT2D eigenvalue weighted by atomic mass is 10.1. The quantitative estimate of drug-likeness (QED) is 0.673. The van der Waals surface area contributed by atoms with Crippen molar-refractivity contribution in [2.24, 2.45) is 5.92 Å². The molecule has 1 atom stereocenters. The van der Waals surface area contributed by atoms with Crippen LogP contribution in [0, 0.1) is 5.92 Å². The first-order valence-electron chi connectivity index (χ1n) is 9.72. The second kappa shape index (κ2) is 8.65. The van der Waals surface area contributed by atoms with Crippen LogP contribution in [0.1, 0.15) is 27.3 Å². The van der Waals surface area contributed by atoms with E-state index >= 15 is 0 Å². The average molecular weight is 389 g/mol. The number of amides is 2. The van der Waals surface area contributed by atoms with Gasteiger partial charge in [-0.1, -0.05) is 18.2 Å². The average Bonchev–Trinajstić information content (AvgIpc) is 3.45. The lowest BCUT2D eigenvalue weighted by Gasteiger charge is -2.18. The maximum absolute atomic E-state index is 12.4. The Bertz CT molecular complexity index is 953. The molecule has 6 heteroatoms. The lowest BCUT2D eigenvalue weighted by Crippen LogP contribution is -2.31. The normalized spacial score (nSPS) is 15.9. The Morgan fingerprint density at radius 2 is 1.76 bits per heavy atom. The summed E-state index contributed by atoms with van der Waals surface area (Å²) < 4.78 is 5.07.